The monoisotopic (exact) mass is 348 g/mol. The lowest BCUT2D eigenvalue weighted by Crippen LogP contribution is -2.42. The van der Waals surface area contributed by atoms with Crippen molar-refractivity contribution in [2.24, 2.45) is 0 Å². The molecule has 0 aliphatic carbocycles. The third-order valence-electron chi connectivity index (χ3n) is 2.22. The number of hydrogen-bond acceptors (Lipinski definition) is 3. The highest BCUT2D eigenvalue weighted by molar-refractivity contribution is 9.10. The van der Waals surface area contributed by atoms with Gasteiger partial charge in [-0.2, -0.15) is 0 Å². The van der Waals surface area contributed by atoms with Crippen molar-refractivity contribution in [3.63, 3.8) is 0 Å². The largest absolute Gasteiger partial charge is 0.443 e. The summed E-state index contributed by atoms with van der Waals surface area (Å²) in [5, 5.41) is 0.625. The van der Waals surface area contributed by atoms with Crippen molar-refractivity contribution in [2.45, 2.75) is 39.3 Å². The Kier molecular flexibility index (Phi) is 5.64. The maximum Gasteiger partial charge on any atom is 0.422 e. The minimum absolute atomic E-state index is 0.131. The number of ether oxygens (including phenoxy) is 1. The van der Waals surface area contributed by atoms with E-state index in [0.717, 1.165) is 10.0 Å². The number of rotatable bonds is 3. The van der Waals surface area contributed by atoms with Gasteiger partial charge < -0.3 is 4.74 Å². The molecule has 6 heteroatoms. The van der Waals surface area contributed by atoms with Crippen LogP contribution >= 0.6 is 27.5 Å². The van der Waals surface area contributed by atoms with E-state index in [-0.39, 0.29) is 6.04 Å². The summed E-state index contributed by atoms with van der Waals surface area (Å²) >= 11 is 9.48. The zero-order valence-corrected chi connectivity index (χ0v) is 13.7. The Morgan fingerprint density at radius 2 is 2.05 bits per heavy atom. The van der Waals surface area contributed by atoms with Crippen LogP contribution in [0.3, 0.4) is 0 Å². The van der Waals surface area contributed by atoms with E-state index in [1.165, 1.54) is 0 Å². The molecule has 1 atom stereocenters. The molecule has 1 amide bonds. The van der Waals surface area contributed by atoms with E-state index >= 15 is 0 Å². The van der Waals surface area contributed by atoms with Gasteiger partial charge in [0.25, 0.3) is 0 Å². The van der Waals surface area contributed by atoms with Crippen LogP contribution in [0.15, 0.2) is 22.7 Å². The molecule has 0 radical (unpaired) electrons. The van der Waals surface area contributed by atoms with Crippen molar-refractivity contribution in [2.75, 3.05) is 0 Å². The smallest absolute Gasteiger partial charge is 0.422 e. The summed E-state index contributed by atoms with van der Waals surface area (Å²) in [7, 11) is 0. The van der Waals surface area contributed by atoms with Crippen LogP contribution < -0.4 is 10.9 Å². The minimum Gasteiger partial charge on any atom is -0.443 e. The van der Waals surface area contributed by atoms with Crippen LogP contribution in [0.5, 0.6) is 0 Å². The van der Waals surface area contributed by atoms with Crippen LogP contribution in [0.2, 0.25) is 5.02 Å². The van der Waals surface area contributed by atoms with Gasteiger partial charge in [-0.25, -0.2) is 10.2 Å². The molecule has 0 bridgehead atoms. The van der Waals surface area contributed by atoms with Crippen molar-refractivity contribution in [1.82, 2.24) is 10.9 Å². The highest BCUT2D eigenvalue weighted by atomic mass is 79.9. The zero-order chi connectivity index (χ0) is 14.6. The third kappa shape index (κ3) is 5.80. The van der Waals surface area contributed by atoms with E-state index in [1.54, 1.807) is 0 Å². The van der Waals surface area contributed by atoms with E-state index < -0.39 is 11.7 Å². The topological polar surface area (TPSA) is 50.4 Å². The second-order valence-corrected chi connectivity index (χ2v) is 6.48. The van der Waals surface area contributed by atoms with Gasteiger partial charge in [0, 0.05) is 15.5 Å². The van der Waals surface area contributed by atoms with Crippen LogP contribution in [0.25, 0.3) is 0 Å². The van der Waals surface area contributed by atoms with Gasteiger partial charge in [0.15, 0.2) is 0 Å². The first-order chi connectivity index (χ1) is 8.69. The molecule has 1 aromatic rings. The summed E-state index contributed by atoms with van der Waals surface area (Å²) < 4.78 is 6.03. The average Bonchev–Trinajstić information content (AvgIpc) is 2.23. The Labute approximate surface area is 127 Å². The van der Waals surface area contributed by atoms with Gasteiger partial charge in [-0.05, 0) is 45.4 Å². The number of hydrazine groups is 1. The van der Waals surface area contributed by atoms with Gasteiger partial charge in [0.2, 0.25) is 0 Å². The third-order valence-corrected chi connectivity index (χ3v) is 3.04. The van der Waals surface area contributed by atoms with E-state index in [1.807, 2.05) is 45.9 Å². The first-order valence-corrected chi connectivity index (χ1v) is 7.05. The molecule has 19 heavy (non-hydrogen) atoms. The van der Waals surface area contributed by atoms with Crippen molar-refractivity contribution in [1.29, 1.82) is 0 Å². The molecule has 0 saturated heterocycles. The number of carbonyl (C=O) groups excluding carboxylic acids is 1. The summed E-state index contributed by atoms with van der Waals surface area (Å²) in [4.78, 5) is 11.5. The Morgan fingerprint density at radius 3 is 2.58 bits per heavy atom. The summed E-state index contributed by atoms with van der Waals surface area (Å²) in [5.74, 6) is 0. The Hall–Kier alpha value is -0.780. The lowest BCUT2D eigenvalue weighted by atomic mass is 10.1. The molecule has 2 N–H and O–H groups in total. The molecule has 0 heterocycles. The average molecular weight is 350 g/mol. The van der Waals surface area contributed by atoms with Crippen molar-refractivity contribution in [3.8, 4) is 0 Å². The van der Waals surface area contributed by atoms with E-state index in [2.05, 4.69) is 26.8 Å². The van der Waals surface area contributed by atoms with Gasteiger partial charge in [0.1, 0.15) is 5.60 Å². The van der Waals surface area contributed by atoms with Crippen LogP contribution in [-0.2, 0) is 4.74 Å². The Balaban J connectivity index is 2.56. The van der Waals surface area contributed by atoms with Crippen LogP contribution in [-0.4, -0.2) is 11.7 Å². The molecule has 1 aromatic carbocycles. The molecule has 1 rings (SSSR count). The molecule has 0 aliphatic heterocycles. The van der Waals surface area contributed by atoms with Crippen LogP contribution in [0.4, 0.5) is 4.79 Å². The van der Waals surface area contributed by atoms with Crippen molar-refractivity contribution < 1.29 is 9.53 Å². The lowest BCUT2D eigenvalue weighted by molar-refractivity contribution is 0.0489. The Morgan fingerprint density at radius 1 is 1.42 bits per heavy atom. The summed E-state index contributed by atoms with van der Waals surface area (Å²) in [5.41, 5.74) is 5.72. The normalized spacial score (nSPS) is 12.9. The maximum absolute atomic E-state index is 11.5. The minimum atomic E-state index is -0.524. The first-order valence-electron chi connectivity index (χ1n) is 5.88. The number of benzene rings is 1. The molecule has 0 saturated carbocycles. The highest BCUT2D eigenvalue weighted by Gasteiger charge is 2.17. The highest BCUT2D eigenvalue weighted by Crippen LogP contribution is 2.25. The maximum atomic E-state index is 11.5. The van der Waals surface area contributed by atoms with Crippen molar-refractivity contribution in [3.05, 3.63) is 33.3 Å². The second-order valence-electron chi connectivity index (χ2n) is 5.16. The fourth-order valence-electron chi connectivity index (χ4n) is 1.40. The molecule has 0 aromatic heterocycles. The molecule has 106 valence electrons. The fourth-order valence-corrected chi connectivity index (χ4v) is 2.24. The molecule has 0 spiro atoms. The molecule has 1 unspecified atom stereocenters. The predicted molar refractivity (Wildman–Crippen MR) is 80.1 cm³/mol. The number of amides is 1. The molecular weight excluding hydrogens is 332 g/mol. The molecular formula is C13H18BrClN2O2. The second kappa shape index (κ2) is 6.59. The summed E-state index contributed by atoms with van der Waals surface area (Å²) in [6, 6.07) is 5.46. The van der Waals surface area contributed by atoms with Crippen LogP contribution in [0.1, 0.15) is 39.3 Å². The molecule has 0 aliphatic rings. The van der Waals surface area contributed by atoms with Crippen LogP contribution in [0, 0.1) is 0 Å². The lowest BCUT2D eigenvalue weighted by Gasteiger charge is -2.22. The fraction of sp³-hybridized carbons (Fsp3) is 0.462. The van der Waals surface area contributed by atoms with Gasteiger partial charge in [-0.3, -0.25) is 5.43 Å². The summed E-state index contributed by atoms with van der Waals surface area (Å²) in [6.45, 7) is 7.32. The number of carbonyl (C=O) groups is 1. The first kappa shape index (κ1) is 16.3. The Bertz CT molecular complexity index is 460. The molecule has 0 fully saturated rings. The number of hydrogen-bond donors (Lipinski definition) is 2. The van der Waals surface area contributed by atoms with E-state index in [4.69, 9.17) is 16.3 Å². The van der Waals surface area contributed by atoms with Crippen molar-refractivity contribution >= 4 is 33.6 Å². The SMILES string of the molecule is CC(NNC(=O)OC(C)(C)C)c1ccc(Br)cc1Cl. The van der Waals surface area contributed by atoms with E-state index in [0.29, 0.717) is 5.02 Å². The number of halogens is 2. The summed E-state index contributed by atoms with van der Waals surface area (Å²) in [6.07, 6.45) is -0.521. The molecule has 4 nitrogen and oxygen atoms in total. The van der Waals surface area contributed by atoms with Gasteiger partial charge in [0.05, 0.1) is 0 Å². The number of nitrogens with one attached hydrogen (secondary N) is 2. The zero-order valence-electron chi connectivity index (χ0n) is 11.4. The van der Waals surface area contributed by atoms with Gasteiger partial charge in [-0.15, -0.1) is 0 Å². The van der Waals surface area contributed by atoms with Gasteiger partial charge in [-0.1, -0.05) is 33.6 Å². The standard InChI is InChI=1S/C13H18BrClN2O2/c1-8(10-6-5-9(14)7-11(10)15)16-17-12(18)19-13(2,3)4/h5-8,16H,1-4H3,(H,17,18). The predicted octanol–water partition coefficient (Wildman–Crippen LogP) is 4.19. The van der Waals surface area contributed by atoms with E-state index in [9.17, 15) is 4.79 Å². The van der Waals surface area contributed by atoms with Gasteiger partial charge >= 0.3 is 6.09 Å². The quantitative estimate of drug-likeness (QED) is 0.804.